The minimum absolute atomic E-state index is 0.139. The first-order chi connectivity index (χ1) is 14.1. The monoisotopic (exact) mass is 384 g/mol. The number of nitrogens with zero attached hydrogens (tertiary/aromatic N) is 2. The van der Waals surface area contributed by atoms with Crippen molar-refractivity contribution in [2.75, 3.05) is 14.1 Å². The zero-order valence-electron chi connectivity index (χ0n) is 16.1. The molecule has 0 fully saturated rings. The molecule has 144 valence electrons. The first-order valence-electron chi connectivity index (χ1n) is 9.25. The Bertz CT molecular complexity index is 1210. The van der Waals surface area contributed by atoms with E-state index < -0.39 is 0 Å². The molecule has 6 nitrogen and oxygen atoms in total. The van der Waals surface area contributed by atoms with E-state index in [1.165, 1.54) is 0 Å². The molecule has 2 aromatic heterocycles. The van der Waals surface area contributed by atoms with Crippen LogP contribution in [0.2, 0.25) is 0 Å². The largest absolute Gasteiger partial charge is 0.355 e. The van der Waals surface area contributed by atoms with Gasteiger partial charge in [0.05, 0.1) is 11.1 Å². The Balaban J connectivity index is 1.87. The second kappa shape index (κ2) is 7.59. The van der Waals surface area contributed by atoms with E-state index in [2.05, 4.69) is 15.7 Å². The maximum atomic E-state index is 12.6. The van der Waals surface area contributed by atoms with E-state index in [1.807, 2.05) is 66.9 Å². The van der Waals surface area contributed by atoms with Crippen LogP contribution in [0.15, 0.2) is 72.9 Å². The van der Waals surface area contributed by atoms with Gasteiger partial charge in [0.25, 0.3) is 11.8 Å². The highest BCUT2D eigenvalue weighted by molar-refractivity contribution is 6.06. The molecule has 0 aliphatic carbocycles. The van der Waals surface area contributed by atoms with Crippen molar-refractivity contribution in [1.29, 1.82) is 0 Å². The van der Waals surface area contributed by atoms with Crippen LogP contribution in [0, 0.1) is 0 Å². The molecule has 29 heavy (non-hydrogen) atoms. The Morgan fingerprint density at radius 1 is 0.793 bits per heavy atom. The number of hydrogen-bond donors (Lipinski definition) is 2. The van der Waals surface area contributed by atoms with Crippen LogP contribution in [0.25, 0.3) is 27.9 Å². The van der Waals surface area contributed by atoms with E-state index in [1.54, 1.807) is 24.7 Å². The third kappa shape index (κ3) is 3.36. The summed E-state index contributed by atoms with van der Waals surface area (Å²) in [5, 5.41) is 10.0. The lowest BCUT2D eigenvalue weighted by Gasteiger charge is -2.06. The van der Waals surface area contributed by atoms with Gasteiger partial charge < -0.3 is 10.6 Å². The first kappa shape index (κ1) is 18.4. The number of rotatable bonds is 4. The Kier molecular flexibility index (Phi) is 4.83. The third-order valence-electron chi connectivity index (χ3n) is 4.82. The molecule has 0 bridgehead atoms. The van der Waals surface area contributed by atoms with Crippen molar-refractivity contribution in [2.45, 2.75) is 0 Å². The number of hydrogen-bond acceptors (Lipinski definition) is 3. The molecule has 0 saturated carbocycles. The molecule has 0 atom stereocenters. The van der Waals surface area contributed by atoms with Crippen LogP contribution in [0.3, 0.4) is 0 Å². The molecule has 0 radical (unpaired) electrons. The fourth-order valence-electron chi connectivity index (χ4n) is 3.35. The molecule has 2 aromatic carbocycles. The molecule has 4 aromatic rings. The first-order valence-corrected chi connectivity index (χ1v) is 9.25. The van der Waals surface area contributed by atoms with Gasteiger partial charge >= 0.3 is 0 Å². The van der Waals surface area contributed by atoms with Crippen LogP contribution in [0.4, 0.5) is 0 Å². The molecule has 0 aliphatic rings. The molecule has 6 heteroatoms. The van der Waals surface area contributed by atoms with Crippen molar-refractivity contribution in [1.82, 2.24) is 20.2 Å². The van der Waals surface area contributed by atoms with Crippen molar-refractivity contribution in [3.05, 3.63) is 84.1 Å². The van der Waals surface area contributed by atoms with Gasteiger partial charge in [-0.05, 0) is 23.8 Å². The molecule has 0 spiro atoms. The van der Waals surface area contributed by atoms with E-state index in [4.69, 9.17) is 0 Å². The Hall–Kier alpha value is -3.93. The van der Waals surface area contributed by atoms with Gasteiger partial charge in [-0.3, -0.25) is 9.59 Å². The zero-order chi connectivity index (χ0) is 20.4. The Labute approximate surface area is 168 Å². The zero-order valence-corrected chi connectivity index (χ0v) is 16.1. The Morgan fingerprint density at radius 3 is 2.24 bits per heavy atom. The summed E-state index contributed by atoms with van der Waals surface area (Å²) in [4.78, 5) is 24.5. The van der Waals surface area contributed by atoms with Crippen LogP contribution in [0.1, 0.15) is 20.7 Å². The lowest BCUT2D eigenvalue weighted by atomic mass is 10.0. The predicted molar refractivity (Wildman–Crippen MR) is 113 cm³/mol. The summed E-state index contributed by atoms with van der Waals surface area (Å²) in [6.45, 7) is 0. The quantitative estimate of drug-likeness (QED) is 0.566. The SMILES string of the molecule is CNC(=O)c1cccc(-c2ccc3c(C(=O)NC)c(-c4ccccc4)nn3c2)c1. The lowest BCUT2D eigenvalue weighted by Crippen LogP contribution is -2.18. The van der Waals surface area contributed by atoms with Crippen LogP contribution in [-0.4, -0.2) is 35.5 Å². The number of aromatic nitrogens is 2. The topological polar surface area (TPSA) is 75.5 Å². The van der Waals surface area contributed by atoms with Crippen LogP contribution < -0.4 is 10.6 Å². The third-order valence-corrected chi connectivity index (χ3v) is 4.82. The molecular weight excluding hydrogens is 364 g/mol. The maximum absolute atomic E-state index is 12.6. The minimum Gasteiger partial charge on any atom is -0.355 e. The summed E-state index contributed by atoms with van der Waals surface area (Å²) in [5.41, 5.74) is 5.12. The highest BCUT2D eigenvalue weighted by Gasteiger charge is 2.20. The van der Waals surface area contributed by atoms with Gasteiger partial charge in [-0.25, -0.2) is 4.52 Å². The fourth-order valence-corrected chi connectivity index (χ4v) is 3.35. The van der Waals surface area contributed by atoms with Gasteiger partial charge in [0, 0.05) is 37.0 Å². The number of amides is 2. The summed E-state index contributed by atoms with van der Waals surface area (Å²) in [5.74, 6) is -0.325. The van der Waals surface area contributed by atoms with E-state index in [0.29, 0.717) is 16.8 Å². The Morgan fingerprint density at radius 2 is 1.52 bits per heavy atom. The maximum Gasteiger partial charge on any atom is 0.255 e. The van der Waals surface area contributed by atoms with Crippen LogP contribution >= 0.6 is 0 Å². The predicted octanol–water partition coefficient (Wildman–Crippen LogP) is 3.39. The molecule has 2 amide bonds. The fraction of sp³-hybridized carbons (Fsp3) is 0.0870. The van der Waals surface area contributed by atoms with Crippen molar-refractivity contribution in [3.8, 4) is 22.4 Å². The van der Waals surface area contributed by atoms with Crippen LogP contribution in [0.5, 0.6) is 0 Å². The van der Waals surface area contributed by atoms with Gasteiger partial charge in [-0.15, -0.1) is 0 Å². The van der Waals surface area contributed by atoms with E-state index in [-0.39, 0.29) is 11.8 Å². The number of carbonyl (C=O) groups is 2. The molecule has 0 aliphatic heterocycles. The standard InChI is InChI=1S/C23H20N4O2/c1-24-22(28)17-10-6-9-16(13-17)18-11-12-19-20(23(29)25-2)21(26-27(19)14-18)15-7-4-3-5-8-15/h3-14H,1-2H3,(H,24,28)(H,25,29). The van der Waals surface area contributed by atoms with E-state index >= 15 is 0 Å². The number of carbonyl (C=O) groups excluding carboxylic acids is 2. The molecule has 0 unspecified atom stereocenters. The molecule has 2 N–H and O–H groups in total. The van der Waals surface area contributed by atoms with Crippen molar-refractivity contribution in [2.24, 2.45) is 0 Å². The van der Waals surface area contributed by atoms with Gasteiger partial charge in [0.2, 0.25) is 0 Å². The second-order valence-corrected chi connectivity index (χ2v) is 6.58. The molecule has 0 saturated heterocycles. The summed E-state index contributed by atoms with van der Waals surface area (Å²) < 4.78 is 1.72. The highest BCUT2D eigenvalue weighted by Crippen LogP contribution is 2.28. The lowest BCUT2D eigenvalue weighted by molar-refractivity contribution is 0.0956. The number of fused-ring (bicyclic) bond motifs is 1. The summed E-state index contributed by atoms with van der Waals surface area (Å²) in [7, 11) is 3.22. The second-order valence-electron chi connectivity index (χ2n) is 6.58. The van der Waals surface area contributed by atoms with E-state index in [9.17, 15) is 9.59 Å². The van der Waals surface area contributed by atoms with Gasteiger partial charge in [0.1, 0.15) is 5.69 Å². The molecule has 2 heterocycles. The number of nitrogens with one attached hydrogen (secondary N) is 2. The minimum atomic E-state index is -0.187. The average Bonchev–Trinajstić information content (AvgIpc) is 3.17. The normalized spacial score (nSPS) is 10.7. The smallest absolute Gasteiger partial charge is 0.255 e. The van der Waals surface area contributed by atoms with Crippen LogP contribution in [-0.2, 0) is 0 Å². The summed E-state index contributed by atoms with van der Waals surface area (Å²) in [6, 6.07) is 20.8. The molecule has 4 rings (SSSR count). The van der Waals surface area contributed by atoms with Crippen molar-refractivity contribution >= 4 is 17.3 Å². The molecular formula is C23H20N4O2. The number of pyridine rings is 1. The van der Waals surface area contributed by atoms with Gasteiger partial charge in [0.15, 0.2) is 0 Å². The van der Waals surface area contributed by atoms with E-state index in [0.717, 1.165) is 22.2 Å². The van der Waals surface area contributed by atoms with Crippen molar-refractivity contribution < 1.29 is 9.59 Å². The highest BCUT2D eigenvalue weighted by atomic mass is 16.2. The van der Waals surface area contributed by atoms with Gasteiger partial charge in [-0.2, -0.15) is 5.10 Å². The van der Waals surface area contributed by atoms with Crippen molar-refractivity contribution in [3.63, 3.8) is 0 Å². The number of benzene rings is 2. The average molecular weight is 384 g/mol. The van der Waals surface area contributed by atoms with Gasteiger partial charge in [-0.1, -0.05) is 48.5 Å². The summed E-state index contributed by atoms with van der Waals surface area (Å²) in [6.07, 6.45) is 1.87. The summed E-state index contributed by atoms with van der Waals surface area (Å²) >= 11 is 0.